The monoisotopic (exact) mass is 249 g/mol. The van der Waals surface area contributed by atoms with Crippen molar-refractivity contribution in [3.05, 3.63) is 29.8 Å². The minimum Gasteiger partial charge on any atom is -0.508 e. The van der Waals surface area contributed by atoms with Crippen LogP contribution < -0.4 is 5.32 Å². The van der Waals surface area contributed by atoms with Crippen LogP contribution in [-0.2, 0) is 16.0 Å². The molecule has 1 aromatic rings. The van der Waals surface area contributed by atoms with Crippen molar-refractivity contribution in [2.75, 3.05) is 6.61 Å². The highest BCUT2D eigenvalue weighted by Crippen LogP contribution is 2.14. The number of nitrogens with one attached hydrogen (secondary N) is 1. The standard InChI is InChI=1S/C14H19NO3/c1-10-13(8-9-18-10)15-14(17)7-4-11-2-5-12(16)6-3-11/h2-3,5-6,10,13,16H,4,7-9H2,1H3,(H,15,17)/t10-,13-/m1/s1. The fourth-order valence-corrected chi connectivity index (χ4v) is 2.12. The quantitative estimate of drug-likeness (QED) is 0.852. The molecule has 1 heterocycles. The lowest BCUT2D eigenvalue weighted by molar-refractivity contribution is -0.122. The third-order valence-corrected chi connectivity index (χ3v) is 3.30. The zero-order valence-electron chi connectivity index (χ0n) is 10.6. The largest absolute Gasteiger partial charge is 0.508 e. The molecule has 1 saturated heterocycles. The zero-order valence-corrected chi connectivity index (χ0v) is 10.6. The molecule has 1 aromatic carbocycles. The first-order chi connectivity index (χ1) is 8.65. The summed E-state index contributed by atoms with van der Waals surface area (Å²) in [4.78, 5) is 11.8. The van der Waals surface area contributed by atoms with E-state index in [0.717, 1.165) is 18.6 Å². The topological polar surface area (TPSA) is 58.6 Å². The Hall–Kier alpha value is -1.55. The van der Waals surface area contributed by atoms with E-state index >= 15 is 0 Å². The number of phenolic OH excluding ortho intramolecular Hbond substituents is 1. The molecule has 0 aromatic heterocycles. The molecule has 1 aliphatic rings. The van der Waals surface area contributed by atoms with Crippen LogP contribution in [0.15, 0.2) is 24.3 Å². The first kappa shape index (κ1) is 12.9. The van der Waals surface area contributed by atoms with Crippen molar-refractivity contribution in [2.24, 2.45) is 0 Å². The smallest absolute Gasteiger partial charge is 0.220 e. The second-order valence-corrected chi connectivity index (χ2v) is 4.71. The minimum absolute atomic E-state index is 0.0606. The van der Waals surface area contributed by atoms with Crippen molar-refractivity contribution in [3.63, 3.8) is 0 Å². The van der Waals surface area contributed by atoms with Gasteiger partial charge in [-0.05, 0) is 37.5 Å². The van der Waals surface area contributed by atoms with E-state index in [-0.39, 0.29) is 23.8 Å². The molecule has 1 amide bonds. The summed E-state index contributed by atoms with van der Waals surface area (Å²) >= 11 is 0. The Kier molecular flexibility index (Phi) is 4.20. The molecule has 18 heavy (non-hydrogen) atoms. The van der Waals surface area contributed by atoms with E-state index in [0.29, 0.717) is 12.8 Å². The second-order valence-electron chi connectivity index (χ2n) is 4.71. The zero-order chi connectivity index (χ0) is 13.0. The van der Waals surface area contributed by atoms with Crippen LogP contribution in [0.25, 0.3) is 0 Å². The Morgan fingerprint density at radius 3 is 2.78 bits per heavy atom. The molecule has 0 radical (unpaired) electrons. The molecule has 0 saturated carbocycles. The van der Waals surface area contributed by atoms with Crippen molar-refractivity contribution < 1.29 is 14.6 Å². The van der Waals surface area contributed by atoms with Gasteiger partial charge in [0.15, 0.2) is 0 Å². The molecule has 4 nitrogen and oxygen atoms in total. The van der Waals surface area contributed by atoms with Crippen LogP contribution in [0.5, 0.6) is 5.75 Å². The van der Waals surface area contributed by atoms with Crippen molar-refractivity contribution in [3.8, 4) is 5.75 Å². The molecule has 2 atom stereocenters. The van der Waals surface area contributed by atoms with Gasteiger partial charge in [0.2, 0.25) is 5.91 Å². The molecule has 4 heteroatoms. The number of rotatable bonds is 4. The van der Waals surface area contributed by atoms with Gasteiger partial charge in [0.05, 0.1) is 12.1 Å². The number of amides is 1. The van der Waals surface area contributed by atoms with Gasteiger partial charge in [0.25, 0.3) is 0 Å². The lowest BCUT2D eigenvalue weighted by Gasteiger charge is -2.15. The summed E-state index contributed by atoms with van der Waals surface area (Å²) in [6.45, 7) is 2.71. The molecule has 0 unspecified atom stereocenters. The van der Waals surface area contributed by atoms with Gasteiger partial charge in [-0.3, -0.25) is 4.79 Å². The molecule has 0 bridgehead atoms. The SMILES string of the molecule is C[C@H]1OCC[C@H]1NC(=O)CCc1ccc(O)cc1. The number of phenols is 1. The highest BCUT2D eigenvalue weighted by molar-refractivity contribution is 5.76. The van der Waals surface area contributed by atoms with Crippen molar-refractivity contribution in [2.45, 2.75) is 38.3 Å². The maximum atomic E-state index is 11.8. The van der Waals surface area contributed by atoms with Crippen LogP contribution in [-0.4, -0.2) is 29.8 Å². The van der Waals surface area contributed by atoms with Gasteiger partial charge in [0, 0.05) is 13.0 Å². The summed E-state index contributed by atoms with van der Waals surface area (Å²) in [7, 11) is 0. The Labute approximate surface area is 107 Å². The van der Waals surface area contributed by atoms with Crippen molar-refractivity contribution in [1.82, 2.24) is 5.32 Å². The van der Waals surface area contributed by atoms with Crippen LogP contribution in [0.1, 0.15) is 25.3 Å². The van der Waals surface area contributed by atoms with Gasteiger partial charge in [-0.25, -0.2) is 0 Å². The Morgan fingerprint density at radius 2 is 2.17 bits per heavy atom. The molecule has 2 N–H and O–H groups in total. The molecule has 98 valence electrons. The Balaban J connectivity index is 1.76. The molecular weight excluding hydrogens is 230 g/mol. The first-order valence-corrected chi connectivity index (χ1v) is 6.34. The fraction of sp³-hybridized carbons (Fsp3) is 0.500. The lowest BCUT2D eigenvalue weighted by Crippen LogP contribution is -2.39. The summed E-state index contributed by atoms with van der Waals surface area (Å²) in [5, 5.41) is 12.2. The molecule has 1 fully saturated rings. The summed E-state index contributed by atoms with van der Waals surface area (Å²) in [6, 6.07) is 7.10. The maximum Gasteiger partial charge on any atom is 0.220 e. The number of aromatic hydroxyl groups is 1. The average molecular weight is 249 g/mol. The van der Waals surface area contributed by atoms with Gasteiger partial charge in [-0.2, -0.15) is 0 Å². The summed E-state index contributed by atoms with van der Waals surface area (Å²) < 4.78 is 5.40. The van der Waals surface area contributed by atoms with Crippen LogP contribution >= 0.6 is 0 Å². The van der Waals surface area contributed by atoms with Crippen LogP contribution in [0.2, 0.25) is 0 Å². The van der Waals surface area contributed by atoms with E-state index in [4.69, 9.17) is 9.84 Å². The molecular formula is C14H19NO3. The Morgan fingerprint density at radius 1 is 1.44 bits per heavy atom. The van der Waals surface area contributed by atoms with Gasteiger partial charge >= 0.3 is 0 Å². The van der Waals surface area contributed by atoms with Gasteiger partial charge < -0.3 is 15.2 Å². The third-order valence-electron chi connectivity index (χ3n) is 3.30. The average Bonchev–Trinajstić information content (AvgIpc) is 2.74. The van der Waals surface area contributed by atoms with Crippen LogP contribution in [0.4, 0.5) is 0 Å². The van der Waals surface area contributed by atoms with Crippen LogP contribution in [0.3, 0.4) is 0 Å². The Bertz CT molecular complexity index is 402. The number of hydrogen-bond donors (Lipinski definition) is 2. The predicted octanol–water partition coefficient (Wildman–Crippen LogP) is 1.62. The van der Waals surface area contributed by atoms with E-state index in [1.807, 2.05) is 19.1 Å². The normalized spacial score (nSPS) is 22.9. The van der Waals surface area contributed by atoms with Crippen molar-refractivity contribution >= 4 is 5.91 Å². The van der Waals surface area contributed by atoms with E-state index in [2.05, 4.69) is 5.32 Å². The lowest BCUT2D eigenvalue weighted by atomic mass is 10.1. The van der Waals surface area contributed by atoms with Gasteiger partial charge in [0.1, 0.15) is 5.75 Å². The molecule has 0 spiro atoms. The van der Waals surface area contributed by atoms with E-state index in [1.165, 1.54) is 0 Å². The maximum absolute atomic E-state index is 11.8. The number of benzene rings is 1. The van der Waals surface area contributed by atoms with Gasteiger partial charge in [-0.15, -0.1) is 0 Å². The third kappa shape index (κ3) is 3.47. The summed E-state index contributed by atoms with van der Waals surface area (Å²) in [5.74, 6) is 0.311. The minimum atomic E-state index is 0.0606. The van der Waals surface area contributed by atoms with E-state index in [1.54, 1.807) is 12.1 Å². The fourth-order valence-electron chi connectivity index (χ4n) is 2.12. The molecule has 2 rings (SSSR count). The number of carbonyl (C=O) groups excluding carboxylic acids is 1. The van der Waals surface area contributed by atoms with E-state index < -0.39 is 0 Å². The number of hydrogen-bond acceptors (Lipinski definition) is 3. The van der Waals surface area contributed by atoms with E-state index in [9.17, 15) is 4.79 Å². The van der Waals surface area contributed by atoms with Gasteiger partial charge in [-0.1, -0.05) is 12.1 Å². The highest BCUT2D eigenvalue weighted by atomic mass is 16.5. The van der Waals surface area contributed by atoms with Crippen LogP contribution in [0, 0.1) is 0 Å². The first-order valence-electron chi connectivity index (χ1n) is 6.34. The van der Waals surface area contributed by atoms with Crippen molar-refractivity contribution in [1.29, 1.82) is 0 Å². The highest BCUT2D eigenvalue weighted by Gasteiger charge is 2.25. The summed E-state index contributed by atoms with van der Waals surface area (Å²) in [5.41, 5.74) is 1.05. The number of carbonyl (C=O) groups is 1. The summed E-state index contributed by atoms with van der Waals surface area (Å²) in [6.07, 6.45) is 2.16. The predicted molar refractivity (Wildman–Crippen MR) is 68.4 cm³/mol. The second kappa shape index (κ2) is 5.87. The molecule has 1 aliphatic heterocycles. The number of aryl methyl sites for hydroxylation is 1. The molecule has 0 aliphatic carbocycles. The number of ether oxygens (including phenoxy) is 1.